The van der Waals surface area contributed by atoms with Crippen molar-refractivity contribution in [2.24, 2.45) is 0 Å². The van der Waals surface area contributed by atoms with Crippen LogP contribution < -0.4 is 15.4 Å². The number of ether oxygens (including phenoxy) is 1. The van der Waals surface area contributed by atoms with E-state index >= 15 is 0 Å². The molecule has 1 aliphatic rings. The van der Waals surface area contributed by atoms with Crippen LogP contribution in [0.25, 0.3) is 0 Å². The molecule has 0 saturated carbocycles. The van der Waals surface area contributed by atoms with Crippen molar-refractivity contribution in [3.05, 3.63) is 6.33 Å². The van der Waals surface area contributed by atoms with Gasteiger partial charge in [-0.2, -0.15) is 0 Å². The molecular formula is C12H21N5O. The van der Waals surface area contributed by atoms with Crippen LogP contribution in [0.1, 0.15) is 12.8 Å². The zero-order valence-electron chi connectivity index (χ0n) is 11.3. The molecule has 1 aromatic rings. The van der Waals surface area contributed by atoms with Gasteiger partial charge in [0.2, 0.25) is 5.75 Å². The molecule has 2 N–H and O–H groups in total. The van der Waals surface area contributed by atoms with E-state index < -0.39 is 0 Å². The van der Waals surface area contributed by atoms with E-state index in [1.165, 1.54) is 12.7 Å². The molecule has 0 amide bonds. The van der Waals surface area contributed by atoms with Crippen molar-refractivity contribution in [3.8, 4) is 5.75 Å². The number of methoxy groups -OCH3 is 1. The van der Waals surface area contributed by atoms with Gasteiger partial charge in [0.25, 0.3) is 0 Å². The number of rotatable bonds is 3. The maximum absolute atomic E-state index is 5.81. The highest BCUT2D eigenvalue weighted by Crippen LogP contribution is 2.31. The highest BCUT2D eigenvalue weighted by molar-refractivity contribution is 5.62. The summed E-state index contributed by atoms with van der Waals surface area (Å²) in [5.41, 5.74) is 5.81. The summed E-state index contributed by atoms with van der Waals surface area (Å²) in [4.78, 5) is 12.7. The Balaban J connectivity index is 2.22. The smallest absolute Gasteiger partial charge is 0.204 e. The van der Waals surface area contributed by atoms with E-state index in [4.69, 9.17) is 10.5 Å². The van der Waals surface area contributed by atoms with Gasteiger partial charge in [-0.25, -0.2) is 9.97 Å². The van der Waals surface area contributed by atoms with Crippen LogP contribution in [-0.2, 0) is 0 Å². The molecule has 1 atom stereocenters. The Morgan fingerprint density at radius 3 is 2.94 bits per heavy atom. The topological polar surface area (TPSA) is 67.5 Å². The van der Waals surface area contributed by atoms with Gasteiger partial charge in [-0.15, -0.1) is 0 Å². The fourth-order valence-electron chi connectivity index (χ4n) is 2.45. The fourth-order valence-corrected chi connectivity index (χ4v) is 2.45. The molecule has 0 aromatic carbocycles. The number of anilines is 2. The molecule has 1 fully saturated rings. The summed E-state index contributed by atoms with van der Waals surface area (Å²) in [6.45, 7) is 2.19. The Morgan fingerprint density at radius 1 is 1.50 bits per heavy atom. The van der Waals surface area contributed by atoms with E-state index in [-0.39, 0.29) is 0 Å². The van der Waals surface area contributed by atoms with Crippen LogP contribution in [0.5, 0.6) is 5.75 Å². The van der Waals surface area contributed by atoms with Crippen molar-refractivity contribution in [1.29, 1.82) is 0 Å². The van der Waals surface area contributed by atoms with E-state index in [0.29, 0.717) is 17.6 Å². The molecule has 1 aromatic heterocycles. The van der Waals surface area contributed by atoms with E-state index in [2.05, 4.69) is 26.8 Å². The summed E-state index contributed by atoms with van der Waals surface area (Å²) in [6, 6.07) is 0.437. The van der Waals surface area contributed by atoms with Crippen LogP contribution in [0.4, 0.5) is 11.6 Å². The third-order valence-corrected chi connectivity index (χ3v) is 3.50. The lowest BCUT2D eigenvalue weighted by Gasteiger charge is -2.36. The van der Waals surface area contributed by atoms with Gasteiger partial charge in [0.1, 0.15) is 6.33 Å². The Labute approximate surface area is 108 Å². The second-order valence-electron chi connectivity index (χ2n) is 4.78. The summed E-state index contributed by atoms with van der Waals surface area (Å²) in [5, 5.41) is 0. The second-order valence-corrected chi connectivity index (χ2v) is 4.78. The maximum Gasteiger partial charge on any atom is 0.204 e. The first kappa shape index (κ1) is 12.9. The van der Waals surface area contributed by atoms with Crippen molar-refractivity contribution in [1.82, 2.24) is 14.9 Å². The van der Waals surface area contributed by atoms with E-state index in [9.17, 15) is 0 Å². The number of nitrogens with two attached hydrogens (primary N) is 1. The molecule has 0 aliphatic carbocycles. The molecule has 6 nitrogen and oxygen atoms in total. The minimum absolute atomic E-state index is 0.388. The maximum atomic E-state index is 5.81. The molecule has 1 saturated heterocycles. The molecule has 2 heterocycles. The number of hydrogen-bond acceptors (Lipinski definition) is 6. The lowest BCUT2D eigenvalue weighted by atomic mass is 10.1. The number of nitrogen functional groups attached to an aromatic ring is 1. The standard InChI is InChI=1S/C12H21N5O/c1-16-6-4-5-9(7-16)17(2)12-10(18-3)11(13)14-8-15-12/h8-9H,4-7H2,1-3H3,(H2,13,14,15). The summed E-state index contributed by atoms with van der Waals surface area (Å²) < 4.78 is 5.31. The average molecular weight is 251 g/mol. The molecule has 2 rings (SSSR count). The number of likely N-dealkylation sites (N-methyl/N-ethyl adjacent to an activating group) is 2. The molecular weight excluding hydrogens is 230 g/mol. The Hall–Kier alpha value is -1.56. The average Bonchev–Trinajstić information content (AvgIpc) is 2.37. The van der Waals surface area contributed by atoms with Crippen molar-refractivity contribution in [2.75, 3.05) is 44.9 Å². The Morgan fingerprint density at radius 2 is 2.28 bits per heavy atom. The Kier molecular flexibility index (Phi) is 3.86. The lowest BCUT2D eigenvalue weighted by Crippen LogP contribution is -2.45. The second kappa shape index (κ2) is 5.39. The van der Waals surface area contributed by atoms with Gasteiger partial charge in [0, 0.05) is 19.6 Å². The quantitative estimate of drug-likeness (QED) is 0.848. The van der Waals surface area contributed by atoms with Gasteiger partial charge in [-0.3, -0.25) is 0 Å². The molecule has 0 spiro atoms. The van der Waals surface area contributed by atoms with Crippen LogP contribution in [0, 0.1) is 0 Å². The van der Waals surface area contributed by atoms with Gasteiger partial charge in [-0.05, 0) is 26.4 Å². The summed E-state index contributed by atoms with van der Waals surface area (Å²) in [7, 11) is 5.78. The van der Waals surface area contributed by atoms with Crippen LogP contribution >= 0.6 is 0 Å². The number of hydrogen-bond donors (Lipinski definition) is 1. The minimum Gasteiger partial charge on any atom is -0.490 e. The van der Waals surface area contributed by atoms with Crippen LogP contribution in [0.15, 0.2) is 6.33 Å². The molecule has 6 heteroatoms. The lowest BCUT2D eigenvalue weighted by molar-refractivity contribution is 0.246. The largest absolute Gasteiger partial charge is 0.490 e. The third-order valence-electron chi connectivity index (χ3n) is 3.50. The summed E-state index contributed by atoms with van der Waals surface area (Å²) in [6.07, 6.45) is 3.85. The molecule has 100 valence electrons. The molecule has 0 radical (unpaired) electrons. The molecule has 1 unspecified atom stereocenters. The predicted octanol–water partition coefficient (Wildman–Crippen LogP) is 0.598. The third kappa shape index (κ3) is 2.48. The van der Waals surface area contributed by atoms with Gasteiger partial charge in [0.15, 0.2) is 11.6 Å². The zero-order valence-corrected chi connectivity index (χ0v) is 11.3. The first-order valence-corrected chi connectivity index (χ1v) is 6.19. The molecule has 0 bridgehead atoms. The molecule has 1 aliphatic heterocycles. The van der Waals surface area contributed by atoms with Crippen LogP contribution in [-0.4, -0.2) is 55.2 Å². The van der Waals surface area contributed by atoms with Crippen molar-refractivity contribution >= 4 is 11.6 Å². The van der Waals surface area contributed by atoms with E-state index in [1.807, 2.05) is 7.05 Å². The SMILES string of the molecule is COc1c(N)ncnc1N(C)C1CCCN(C)C1. The van der Waals surface area contributed by atoms with Crippen LogP contribution in [0.2, 0.25) is 0 Å². The zero-order chi connectivity index (χ0) is 13.1. The van der Waals surface area contributed by atoms with Gasteiger partial charge >= 0.3 is 0 Å². The first-order chi connectivity index (χ1) is 8.63. The van der Waals surface area contributed by atoms with Crippen molar-refractivity contribution in [2.45, 2.75) is 18.9 Å². The predicted molar refractivity (Wildman–Crippen MR) is 71.9 cm³/mol. The van der Waals surface area contributed by atoms with Gasteiger partial charge in [0.05, 0.1) is 7.11 Å². The number of aromatic nitrogens is 2. The Bertz CT molecular complexity index is 411. The van der Waals surface area contributed by atoms with Crippen LogP contribution in [0.3, 0.4) is 0 Å². The van der Waals surface area contributed by atoms with Gasteiger partial charge in [-0.1, -0.05) is 0 Å². The highest BCUT2D eigenvalue weighted by Gasteiger charge is 2.24. The summed E-state index contributed by atoms with van der Waals surface area (Å²) in [5.74, 6) is 1.72. The van der Waals surface area contributed by atoms with Gasteiger partial charge < -0.3 is 20.3 Å². The molecule has 18 heavy (non-hydrogen) atoms. The van der Waals surface area contributed by atoms with Crippen molar-refractivity contribution < 1.29 is 4.74 Å². The van der Waals surface area contributed by atoms with E-state index in [1.54, 1.807) is 7.11 Å². The normalized spacial score (nSPS) is 20.7. The summed E-state index contributed by atoms with van der Waals surface area (Å²) >= 11 is 0. The fraction of sp³-hybridized carbons (Fsp3) is 0.667. The highest BCUT2D eigenvalue weighted by atomic mass is 16.5. The van der Waals surface area contributed by atoms with Crippen molar-refractivity contribution in [3.63, 3.8) is 0 Å². The first-order valence-electron chi connectivity index (χ1n) is 6.19. The monoisotopic (exact) mass is 251 g/mol. The van der Waals surface area contributed by atoms with E-state index in [0.717, 1.165) is 25.3 Å². The number of likely N-dealkylation sites (tertiary alicyclic amines) is 1. The number of piperidine rings is 1. The number of nitrogens with zero attached hydrogens (tertiary/aromatic N) is 4. The minimum atomic E-state index is 0.388.